The predicted molar refractivity (Wildman–Crippen MR) is 74.0 cm³/mol. The Labute approximate surface area is 109 Å². The second-order valence-corrected chi connectivity index (χ2v) is 4.83. The van der Waals surface area contributed by atoms with Crippen LogP contribution in [-0.2, 0) is 9.53 Å². The predicted octanol–water partition coefficient (Wildman–Crippen LogP) is 4.41. The molecule has 0 amide bonds. The molecule has 0 aromatic rings. The van der Waals surface area contributed by atoms with Gasteiger partial charge in [0.1, 0.15) is 0 Å². The van der Waals surface area contributed by atoms with Gasteiger partial charge in [0.25, 0.3) is 0 Å². The minimum atomic E-state index is -0.0926. The van der Waals surface area contributed by atoms with E-state index in [1.807, 2.05) is 13.8 Å². The molecule has 2 nitrogen and oxygen atoms in total. The summed E-state index contributed by atoms with van der Waals surface area (Å²) >= 11 is 3.44. The highest BCUT2D eigenvalue weighted by molar-refractivity contribution is 9.09. The summed E-state index contributed by atoms with van der Waals surface area (Å²) in [5.41, 5.74) is 0. The molecular formula is C13H27BrO2. The first kappa shape index (κ1) is 18.3. The van der Waals surface area contributed by atoms with E-state index in [9.17, 15) is 4.79 Å². The molecule has 0 aromatic heterocycles. The molecule has 0 heterocycles. The first-order chi connectivity index (χ1) is 7.60. The van der Waals surface area contributed by atoms with Crippen LogP contribution in [0.25, 0.3) is 0 Å². The molecule has 0 aromatic carbocycles. The van der Waals surface area contributed by atoms with Gasteiger partial charge in [0.15, 0.2) is 0 Å². The lowest BCUT2D eigenvalue weighted by Gasteiger charge is -2.15. The van der Waals surface area contributed by atoms with E-state index in [1.165, 1.54) is 20.0 Å². The Hall–Kier alpha value is -0.0500. The molecule has 2 atom stereocenters. The van der Waals surface area contributed by atoms with Gasteiger partial charge in [-0.3, -0.25) is 4.79 Å². The normalized spacial score (nSPS) is 13.4. The summed E-state index contributed by atoms with van der Waals surface area (Å²) in [6.45, 7) is 8.46. The minimum absolute atomic E-state index is 0.0926. The van der Waals surface area contributed by atoms with E-state index in [4.69, 9.17) is 0 Å². The third kappa shape index (κ3) is 12.0. The molecule has 0 aliphatic rings. The number of alkyl halides is 1. The zero-order chi connectivity index (χ0) is 13.0. The highest BCUT2D eigenvalue weighted by Crippen LogP contribution is 2.19. The van der Waals surface area contributed by atoms with Crippen molar-refractivity contribution < 1.29 is 9.53 Å². The summed E-state index contributed by atoms with van der Waals surface area (Å²) in [6.07, 6.45) is 3.91. The topological polar surface area (TPSA) is 26.3 Å². The van der Waals surface area contributed by atoms with Gasteiger partial charge in [0.05, 0.1) is 7.11 Å². The van der Waals surface area contributed by atoms with Crippen LogP contribution in [0, 0.1) is 11.8 Å². The number of hydrogen-bond acceptors (Lipinski definition) is 2. The van der Waals surface area contributed by atoms with Crippen LogP contribution in [0.3, 0.4) is 0 Å². The zero-order valence-corrected chi connectivity index (χ0v) is 13.0. The van der Waals surface area contributed by atoms with Crippen LogP contribution in [0.5, 0.6) is 0 Å². The van der Waals surface area contributed by atoms with E-state index < -0.39 is 0 Å². The van der Waals surface area contributed by atoms with Crippen LogP contribution in [0.1, 0.15) is 53.4 Å². The molecule has 16 heavy (non-hydrogen) atoms. The van der Waals surface area contributed by atoms with Crippen molar-refractivity contribution in [2.24, 2.45) is 11.8 Å². The van der Waals surface area contributed by atoms with Gasteiger partial charge in [-0.25, -0.2) is 0 Å². The van der Waals surface area contributed by atoms with Crippen LogP contribution in [0.2, 0.25) is 0 Å². The highest BCUT2D eigenvalue weighted by Gasteiger charge is 2.10. The fourth-order valence-electron chi connectivity index (χ4n) is 1.58. The SMILES string of the molecule is CC.COC(=O)CCC(C)CC(C)CCBr. The summed E-state index contributed by atoms with van der Waals surface area (Å²) in [5, 5.41) is 1.07. The van der Waals surface area contributed by atoms with Gasteiger partial charge in [-0.2, -0.15) is 0 Å². The maximum atomic E-state index is 10.9. The van der Waals surface area contributed by atoms with Crippen molar-refractivity contribution in [2.75, 3.05) is 12.4 Å². The molecule has 2 unspecified atom stereocenters. The number of rotatable bonds is 7. The second kappa shape index (κ2) is 13.0. The largest absolute Gasteiger partial charge is 0.469 e. The van der Waals surface area contributed by atoms with Crippen molar-refractivity contribution >= 4 is 21.9 Å². The van der Waals surface area contributed by atoms with Gasteiger partial charge < -0.3 is 4.74 Å². The number of halogens is 1. The number of ether oxygens (including phenoxy) is 1. The standard InChI is InChI=1S/C11H21BrO2.C2H6/c1-9(4-5-11(13)14-3)8-10(2)6-7-12;1-2/h9-10H,4-8H2,1-3H3;1-2H3. The molecule has 0 spiro atoms. The van der Waals surface area contributed by atoms with Gasteiger partial charge in [0.2, 0.25) is 0 Å². The van der Waals surface area contributed by atoms with Gasteiger partial charge in [-0.15, -0.1) is 0 Å². The van der Waals surface area contributed by atoms with Gasteiger partial charge in [-0.05, 0) is 31.1 Å². The number of hydrogen-bond donors (Lipinski definition) is 0. The van der Waals surface area contributed by atoms with Gasteiger partial charge >= 0.3 is 5.97 Å². The highest BCUT2D eigenvalue weighted by atomic mass is 79.9. The quantitative estimate of drug-likeness (QED) is 0.513. The second-order valence-electron chi connectivity index (χ2n) is 4.04. The molecule has 0 saturated carbocycles. The van der Waals surface area contributed by atoms with E-state index in [0.717, 1.165) is 17.7 Å². The summed E-state index contributed by atoms with van der Waals surface area (Å²) in [7, 11) is 1.44. The Morgan fingerprint density at radius 1 is 1.19 bits per heavy atom. The van der Waals surface area contributed by atoms with E-state index in [0.29, 0.717) is 12.3 Å². The lowest BCUT2D eigenvalue weighted by Crippen LogP contribution is -2.07. The smallest absolute Gasteiger partial charge is 0.305 e. The summed E-state index contributed by atoms with van der Waals surface area (Å²) in [5.74, 6) is 1.26. The Bertz CT molecular complexity index is 160. The molecule has 0 saturated heterocycles. The fourth-order valence-corrected chi connectivity index (χ4v) is 2.36. The molecule has 3 heteroatoms. The third-order valence-corrected chi connectivity index (χ3v) is 2.93. The minimum Gasteiger partial charge on any atom is -0.469 e. The Kier molecular flexibility index (Phi) is 14.9. The zero-order valence-electron chi connectivity index (χ0n) is 11.4. The van der Waals surface area contributed by atoms with Gasteiger partial charge in [0, 0.05) is 11.8 Å². The Morgan fingerprint density at radius 3 is 2.12 bits per heavy atom. The van der Waals surface area contributed by atoms with Crippen LogP contribution in [0.15, 0.2) is 0 Å². The first-order valence-corrected chi connectivity index (χ1v) is 7.35. The maximum Gasteiger partial charge on any atom is 0.305 e. The molecule has 98 valence electrons. The lowest BCUT2D eigenvalue weighted by molar-refractivity contribution is -0.140. The average Bonchev–Trinajstić information content (AvgIpc) is 2.28. The molecule has 0 bridgehead atoms. The molecule has 0 aliphatic heterocycles. The fraction of sp³-hybridized carbons (Fsp3) is 0.923. The number of carbonyl (C=O) groups excluding carboxylic acids is 1. The van der Waals surface area contributed by atoms with E-state index in [2.05, 4.69) is 34.5 Å². The van der Waals surface area contributed by atoms with Crippen LogP contribution < -0.4 is 0 Å². The summed E-state index contributed by atoms with van der Waals surface area (Å²) in [6, 6.07) is 0. The monoisotopic (exact) mass is 294 g/mol. The van der Waals surface area contributed by atoms with Crippen LogP contribution in [0.4, 0.5) is 0 Å². The van der Waals surface area contributed by atoms with Crippen molar-refractivity contribution in [2.45, 2.75) is 53.4 Å². The average molecular weight is 295 g/mol. The first-order valence-electron chi connectivity index (χ1n) is 6.23. The van der Waals surface area contributed by atoms with Crippen molar-refractivity contribution in [3.8, 4) is 0 Å². The maximum absolute atomic E-state index is 10.9. The molecule has 0 radical (unpaired) electrons. The molecular weight excluding hydrogens is 268 g/mol. The van der Waals surface area contributed by atoms with Crippen molar-refractivity contribution in [3.05, 3.63) is 0 Å². The van der Waals surface area contributed by atoms with Crippen molar-refractivity contribution in [3.63, 3.8) is 0 Å². The molecule has 0 fully saturated rings. The lowest BCUT2D eigenvalue weighted by atomic mass is 9.92. The third-order valence-electron chi connectivity index (χ3n) is 2.48. The molecule has 0 rings (SSSR count). The van der Waals surface area contributed by atoms with Crippen molar-refractivity contribution in [1.29, 1.82) is 0 Å². The van der Waals surface area contributed by atoms with E-state index in [1.54, 1.807) is 0 Å². The molecule has 0 aliphatic carbocycles. The van der Waals surface area contributed by atoms with E-state index in [-0.39, 0.29) is 5.97 Å². The number of carbonyl (C=O) groups is 1. The Morgan fingerprint density at radius 2 is 1.69 bits per heavy atom. The summed E-state index contributed by atoms with van der Waals surface area (Å²) in [4.78, 5) is 10.9. The number of esters is 1. The summed E-state index contributed by atoms with van der Waals surface area (Å²) < 4.78 is 4.61. The Balaban J connectivity index is 0. The van der Waals surface area contributed by atoms with Crippen LogP contribution in [-0.4, -0.2) is 18.4 Å². The van der Waals surface area contributed by atoms with Gasteiger partial charge in [-0.1, -0.05) is 43.6 Å². The number of methoxy groups -OCH3 is 1. The molecule has 0 N–H and O–H groups in total. The van der Waals surface area contributed by atoms with Crippen molar-refractivity contribution in [1.82, 2.24) is 0 Å². The van der Waals surface area contributed by atoms with E-state index >= 15 is 0 Å². The van der Waals surface area contributed by atoms with Crippen LogP contribution >= 0.6 is 15.9 Å².